The van der Waals surface area contributed by atoms with E-state index in [-0.39, 0.29) is 11.3 Å². The summed E-state index contributed by atoms with van der Waals surface area (Å²) in [5.74, 6) is 1.79. The number of furan rings is 1. The lowest BCUT2D eigenvalue weighted by molar-refractivity contribution is 0.163. The molecule has 1 unspecified atom stereocenters. The van der Waals surface area contributed by atoms with Gasteiger partial charge in [-0.05, 0) is 57.5 Å². The molecule has 0 bridgehead atoms. The van der Waals surface area contributed by atoms with Crippen LogP contribution in [0, 0.1) is 6.92 Å². The predicted octanol–water partition coefficient (Wildman–Crippen LogP) is 3.33. The third-order valence-electron chi connectivity index (χ3n) is 3.48. The first-order valence-electron chi connectivity index (χ1n) is 7.80. The zero-order chi connectivity index (χ0) is 17.0. The Balaban J connectivity index is 2.03. The van der Waals surface area contributed by atoms with Crippen LogP contribution in [-0.4, -0.2) is 22.3 Å². The summed E-state index contributed by atoms with van der Waals surface area (Å²) in [6.45, 7) is 8.96. The highest BCUT2D eigenvalue weighted by atomic mass is 16.3. The van der Waals surface area contributed by atoms with Crippen molar-refractivity contribution in [2.24, 2.45) is 0 Å². The molecule has 4 N–H and O–H groups in total. The van der Waals surface area contributed by atoms with E-state index in [1.807, 2.05) is 19.1 Å². The summed E-state index contributed by atoms with van der Waals surface area (Å²) in [6.07, 6.45) is -0.638. The van der Waals surface area contributed by atoms with Gasteiger partial charge in [-0.2, -0.15) is 0 Å². The van der Waals surface area contributed by atoms with Crippen molar-refractivity contribution in [3.63, 3.8) is 0 Å². The topological polar surface area (TPSA) is 77.7 Å². The number of phenolic OH excluding ortho intramolecular Hbond substituents is 1. The van der Waals surface area contributed by atoms with Gasteiger partial charge >= 0.3 is 0 Å². The minimum absolute atomic E-state index is 0.0594. The van der Waals surface area contributed by atoms with E-state index in [2.05, 4.69) is 31.4 Å². The van der Waals surface area contributed by atoms with E-state index < -0.39 is 6.10 Å². The van der Waals surface area contributed by atoms with Gasteiger partial charge < -0.3 is 25.3 Å². The number of benzene rings is 1. The molecule has 0 amide bonds. The molecule has 23 heavy (non-hydrogen) atoms. The van der Waals surface area contributed by atoms with Crippen molar-refractivity contribution in [2.75, 3.05) is 11.9 Å². The maximum atomic E-state index is 10.3. The van der Waals surface area contributed by atoms with Gasteiger partial charge in [-0.1, -0.05) is 6.07 Å². The number of aromatic hydroxyl groups is 1. The summed E-state index contributed by atoms with van der Waals surface area (Å²) in [6, 6.07) is 8.87. The number of anilines is 1. The Kier molecular flexibility index (Phi) is 5.34. The van der Waals surface area contributed by atoms with Gasteiger partial charge in [-0.15, -0.1) is 0 Å². The molecule has 2 rings (SSSR count). The average Bonchev–Trinajstić information content (AvgIpc) is 2.89. The van der Waals surface area contributed by atoms with Crippen LogP contribution in [0.5, 0.6) is 5.75 Å². The van der Waals surface area contributed by atoms with Crippen molar-refractivity contribution in [3.05, 3.63) is 47.4 Å². The molecule has 1 heterocycles. The molecule has 0 saturated heterocycles. The Hall–Kier alpha value is -1.98. The van der Waals surface area contributed by atoms with Crippen molar-refractivity contribution in [1.82, 2.24) is 5.32 Å². The molecule has 126 valence electrons. The molecular formula is C18H26N2O3. The van der Waals surface area contributed by atoms with Crippen LogP contribution in [0.4, 0.5) is 5.69 Å². The second-order valence-electron chi connectivity index (χ2n) is 6.79. The second-order valence-corrected chi connectivity index (χ2v) is 6.79. The number of β-amino-alcohol motifs (C(OH)–C–C–N with tert-alkyl or cyclic N) is 1. The van der Waals surface area contributed by atoms with Crippen LogP contribution in [0.15, 0.2) is 34.7 Å². The van der Waals surface area contributed by atoms with Gasteiger partial charge in [0, 0.05) is 12.1 Å². The van der Waals surface area contributed by atoms with Gasteiger partial charge in [0.1, 0.15) is 17.3 Å². The molecule has 1 aromatic carbocycles. The fourth-order valence-electron chi connectivity index (χ4n) is 2.19. The van der Waals surface area contributed by atoms with E-state index in [1.165, 1.54) is 0 Å². The first-order chi connectivity index (χ1) is 10.7. The fourth-order valence-corrected chi connectivity index (χ4v) is 2.19. The van der Waals surface area contributed by atoms with Crippen LogP contribution in [-0.2, 0) is 6.54 Å². The zero-order valence-electron chi connectivity index (χ0n) is 14.2. The van der Waals surface area contributed by atoms with Gasteiger partial charge in [0.25, 0.3) is 0 Å². The summed E-state index contributed by atoms with van der Waals surface area (Å²) in [5.41, 5.74) is 1.26. The van der Waals surface area contributed by atoms with Crippen LogP contribution in [0.2, 0.25) is 0 Å². The SMILES string of the molecule is Cc1ccc(CNc2cc(C(O)CNC(C)(C)C)ccc2O)o1. The Morgan fingerprint density at radius 1 is 1.17 bits per heavy atom. The lowest BCUT2D eigenvalue weighted by atomic mass is 10.1. The highest BCUT2D eigenvalue weighted by Gasteiger charge is 2.15. The highest BCUT2D eigenvalue weighted by molar-refractivity contribution is 5.57. The number of aryl methyl sites for hydroxylation is 1. The molecule has 0 saturated carbocycles. The average molecular weight is 318 g/mol. The predicted molar refractivity (Wildman–Crippen MR) is 91.6 cm³/mol. The number of hydrogen-bond acceptors (Lipinski definition) is 5. The lowest BCUT2D eigenvalue weighted by Crippen LogP contribution is -2.38. The first kappa shape index (κ1) is 17.4. The van der Waals surface area contributed by atoms with Gasteiger partial charge in [-0.3, -0.25) is 0 Å². The van der Waals surface area contributed by atoms with Crippen LogP contribution >= 0.6 is 0 Å². The third-order valence-corrected chi connectivity index (χ3v) is 3.48. The first-order valence-corrected chi connectivity index (χ1v) is 7.80. The van der Waals surface area contributed by atoms with Crippen LogP contribution < -0.4 is 10.6 Å². The molecule has 0 fully saturated rings. The van der Waals surface area contributed by atoms with Crippen molar-refractivity contribution < 1.29 is 14.6 Å². The summed E-state index contributed by atoms with van der Waals surface area (Å²) in [7, 11) is 0. The van der Waals surface area contributed by atoms with E-state index in [0.29, 0.717) is 18.8 Å². The molecule has 5 nitrogen and oxygen atoms in total. The van der Waals surface area contributed by atoms with Gasteiger partial charge in [0.2, 0.25) is 0 Å². The Bertz CT molecular complexity index is 644. The van der Waals surface area contributed by atoms with Crippen molar-refractivity contribution >= 4 is 5.69 Å². The van der Waals surface area contributed by atoms with Gasteiger partial charge in [0.05, 0.1) is 18.3 Å². The molecule has 0 radical (unpaired) electrons. The molecule has 2 aromatic rings. The van der Waals surface area contributed by atoms with Gasteiger partial charge in [-0.25, -0.2) is 0 Å². The van der Waals surface area contributed by atoms with Crippen LogP contribution in [0.25, 0.3) is 0 Å². The molecule has 0 aliphatic rings. The van der Waals surface area contributed by atoms with E-state index in [1.54, 1.807) is 18.2 Å². The third kappa shape index (κ3) is 5.30. The van der Waals surface area contributed by atoms with E-state index in [0.717, 1.165) is 17.1 Å². The van der Waals surface area contributed by atoms with Crippen LogP contribution in [0.1, 0.15) is 44.0 Å². The monoisotopic (exact) mass is 318 g/mol. The van der Waals surface area contributed by atoms with E-state index in [4.69, 9.17) is 4.42 Å². The number of nitrogens with one attached hydrogen (secondary N) is 2. The maximum absolute atomic E-state index is 10.3. The molecule has 0 aliphatic heterocycles. The molecular weight excluding hydrogens is 292 g/mol. The van der Waals surface area contributed by atoms with Crippen molar-refractivity contribution in [1.29, 1.82) is 0 Å². The normalized spacial score (nSPS) is 13.1. The summed E-state index contributed by atoms with van der Waals surface area (Å²) >= 11 is 0. The lowest BCUT2D eigenvalue weighted by Gasteiger charge is -2.23. The molecule has 1 aromatic heterocycles. The fraction of sp³-hybridized carbons (Fsp3) is 0.444. The summed E-state index contributed by atoms with van der Waals surface area (Å²) < 4.78 is 5.50. The number of aliphatic hydroxyl groups is 1. The number of phenols is 1. The standard InChI is InChI=1S/C18H26N2O3/c1-12-5-7-14(23-12)10-19-15-9-13(6-8-16(15)21)17(22)11-20-18(2,3)4/h5-9,17,19-22H,10-11H2,1-4H3. The molecule has 0 aliphatic carbocycles. The largest absolute Gasteiger partial charge is 0.506 e. The molecule has 1 atom stereocenters. The smallest absolute Gasteiger partial charge is 0.138 e. The van der Waals surface area contributed by atoms with E-state index >= 15 is 0 Å². The summed E-state index contributed by atoms with van der Waals surface area (Å²) in [4.78, 5) is 0. The Morgan fingerprint density at radius 3 is 2.52 bits per heavy atom. The van der Waals surface area contributed by atoms with E-state index in [9.17, 15) is 10.2 Å². The minimum atomic E-state index is -0.638. The highest BCUT2D eigenvalue weighted by Crippen LogP contribution is 2.27. The van der Waals surface area contributed by atoms with Crippen LogP contribution in [0.3, 0.4) is 0 Å². The maximum Gasteiger partial charge on any atom is 0.138 e. The minimum Gasteiger partial charge on any atom is -0.506 e. The Morgan fingerprint density at radius 2 is 1.91 bits per heavy atom. The van der Waals surface area contributed by atoms with Crippen molar-refractivity contribution in [3.8, 4) is 5.75 Å². The van der Waals surface area contributed by atoms with Crippen molar-refractivity contribution in [2.45, 2.75) is 45.9 Å². The zero-order valence-corrected chi connectivity index (χ0v) is 14.2. The van der Waals surface area contributed by atoms with Gasteiger partial charge in [0.15, 0.2) is 0 Å². The quantitative estimate of drug-likeness (QED) is 0.615. The molecule has 5 heteroatoms. The number of aliphatic hydroxyl groups excluding tert-OH is 1. The Labute approximate surface area is 137 Å². The number of rotatable bonds is 6. The summed E-state index contributed by atoms with van der Waals surface area (Å²) in [5, 5.41) is 26.7. The number of hydrogen-bond donors (Lipinski definition) is 4. The second kappa shape index (κ2) is 7.06. The molecule has 0 spiro atoms.